The van der Waals surface area contributed by atoms with Crippen LogP contribution in [0.25, 0.3) is 0 Å². The van der Waals surface area contributed by atoms with Gasteiger partial charge in [0.15, 0.2) is 5.96 Å². The summed E-state index contributed by atoms with van der Waals surface area (Å²) in [5, 5.41) is 14.6. The zero-order chi connectivity index (χ0) is 59.0. The molecule has 2 atom stereocenters. The molecule has 1 aromatic carbocycles. The van der Waals surface area contributed by atoms with E-state index in [1.165, 1.54) is 0 Å². The number of guanidine groups is 1. The van der Waals surface area contributed by atoms with Gasteiger partial charge in [0.25, 0.3) is 0 Å². The number of carbonyl (C=O) groups is 5. The molecule has 9 N–H and O–H groups in total. The lowest BCUT2D eigenvalue weighted by atomic mass is 9.73. The van der Waals surface area contributed by atoms with E-state index in [0.717, 1.165) is 32.1 Å². The second-order valence-corrected chi connectivity index (χ2v) is 19.8. The molecule has 3 rings (SSSR count). The average Bonchev–Trinajstić information content (AvgIpc) is 3.58. The Morgan fingerprint density at radius 1 is 0.610 bits per heavy atom. The van der Waals surface area contributed by atoms with E-state index in [9.17, 15) is 24.0 Å². The molecule has 26 nitrogen and oxygen atoms in total. The third-order valence-electron chi connectivity index (χ3n) is 13.0. The molecule has 82 heavy (non-hydrogen) atoms. The lowest BCUT2D eigenvalue weighted by Gasteiger charge is -2.52. The first-order chi connectivity index (χ1) is 40.0. The smallest absolute Gasteiger partial charge is 0.313 e. The molecule has 470 valence electrons. The number of likely N-dealkylation sites (tertiary alicyclic amines) is 1. The highest BCUT2D eigenvalue weighted by Crippen LogP contribution is 2.40. The van der Waals surface area contributed by atoms with Gasteiger partial charge in [-0.25, -0.2) is 0 Å². The number of nitrogens with two attached hydrogens (primary N) is 2. The molecule has 1 saturated carbocycles. The third-order valence-corrected chi connectivity index (χ3v) is 13.3. The first-order valence-electron chi connectivity index (χ1n) is 28.9. The van der Waals surface area contributed by atoms with Gasteiger partial charge in [0, 0.05) is 75.0 Å². The van der Waals surface area contributed by atoms with Crippen LogP contribution < -0.4 is 38.1 Å². The van der Waals surface area contributed by atoms with Crippen LogP contribution in [-0.2, 0) is 80.8 Å². The van der Waals surface area contributed by atoms with Crippen LogP contribution in [0, 0.1) is 0 Å². The summed E-state index contributed by atoms with van der Waals surface area (Å²) in [7, 11) is 1.64. The summed E-state index contributed by atoms with van der Waals surface area (Å²) in [5.74, 6) is -2.61. The number of hydrogen-bond donors (Lipinski definition) is 7. The van der Waals surface area contributed by atoms with Crippen molar-refractivity contribution in [3.05, 3.63) is 29.3 Å². The van der Waals surface area contributed by atoms with Crippen LogP contribution in [0.4, 0.5) is 5.69 Å². The number of nitrogens with one attached hydrogen (secondary N) is 5. The predicted octanol–water partition coefficient (Wildman–Crippen LogP) is 0.942. The number of nitrogens with zero attached hydrogens (tertiary/aromatic N) is 2. The highest BCUT2D eigenvalue weighted by molar-refractivity contribution is 6.39. The van der Waals surface area contributed by atoms with Crippen molar-refractivity contribution in [2.75, 3.05) is 197 Å². The number of rotatable bonds is 50. The number of anilines is 1. The number of halogens is 1. The van der Waals surface area contributed by atoms with Gasteiger partial charge in [-0.05, 0) is 62.8 Å². The minimum Gasteiger partial charge on any atom is -0.382 e. The topological polar surface area (TPSA) is 324 Å². The van der Waals surface area contributed by atoms with Crippen LogP contribution in [0.3, 0.4) is 0 Å². The van der Waals surface area contributed by atoms with Crippen LogP contribution in [0.2, 0.25) is 5.02 Å². The summed E-state index contributed by atoms with van der Waals surface area (Å²) in [5.41, 5.74) is 11.3. The molecule has 1 aromatic rings. The SMILES string of the molecule is COCCOCCOCCOCCOCCOCCOCCOCCOCCOCCOCCOCCNC(=O)CCC(=O)N[C@@H](CCCN=C(N)N)C(=O)NCCN1CCC(NC(=O)C(=O)Nc2ccc(Cl)cc2)CC12CCCCC2. The Bertz CT molecular complexity index is 1870. The van der Waals surface area contributed by atoms with E-state index in [1.54, 1.807) is 31.4 Å². The molecule has 0 bridgehead atoms. The Morgan fingerprint density at radius 3 is 1.55 bits per heavy atom. The normalized spacial score (nSPS) is 15.4. The van der Waals surface area contributed by atoms with Crippen LogP contribution >= 0.6 is 11.6 Å². The number of piperidine rings is 1. The molecule has 2 aliphatic rings. The van der Waals surface area contributed by atoms with Crippen molar-refractivity contribution in [1.29, 1.82) is 0 Å². The van der Waals surface area contributed by atoms with E-state index in [1.807, 2.05) is 0 Å². The molecule has 1 heterocycles. The Morgan fingerprint density at radius 2 is 1.07 bits per heavy atom. The van der Waals surface area contributed by atoms with Crippen molar-refractivity contribution in [2.24, 2.45) is 16.5 Å². The van der Waals surface area contributed by atoms with Gasteiger partial charge >= 0.3 is 11.8 Å². The number of hydrogen-bond acceptors (Lipinski definition) is 19. The summed E-state index contributed by atoms with van der Waals surface area (Å²) in [4.78, 5) is 71.2. The van der Waals surface area contributed by atoms with Gasteiger partial charge in [-0.3, -0.25) is 33.9 Å². The van der Waals surface area contributed by atoms with Crippen molar-refractivity contribution in [2.45, 2.75) is 88.3 Å². The summed E-state index contributed by atoms with van der Waals surface area (Å²) >= 11 is 5.95. The molecule has 5 amide bonds. The van der Waals surface area contributed by atoms with Gasteiger partial charge in [0.1, 0.15) is 6.04 Å². The number of benzene rings is 1. The predicted molar refractivity (Wildman–Crippen MR) is 307 cm³/mol. The summed E-state index contributed by atoms with van der Waals surface area (Å²) in [6.07, 6.45) is 6.96. The van der Waals surface area contributed by atoms with Crippen molar-refractivity contribution in [3.63, 3.8) is 0 Å². The van der Waals surface area contributed by atoms with Crippen LogP contribution in [0.5, 0.6) is 0 Å². The van der Waals surface area contributed by atoms with Crippen molar-refractivity contribution >= 4 is 52.8 Å². The molecule has 1 spiro atoms. The first-order valence-corrected chi connectivity index (χ1v) is 29.2. The molecule has 1 saturated heterocycles. The second-order valence-electron chi connectivity index (χ2n) is 19.3. The van der Waals surface area contributed by atoms with E-state index in [2.05, 4.69) is 36.5 Å². The van der Waals surface area contributed by atoms with E-state index < -0.39 is 23.8 Å². The zero-order valence-corrected chi connectivity index (χ0v) is 49.2. The van der Waals surface area contributed by atoms with Crippen molar-refractivity contribution < 1.29 is 80.8 Å². The molecule has 0 radical (unpaired) electrons. The first kappa shape index (κ1) is 71.9. The van der Waals surface area contributed by atoms with Crippen LogP contribution in [0.1, 0.15) is 70.6 Å². The van der Waals surface area contributed by atoms with Gasteiger partial charge in [-0.2, -0.15) is 0 Å². The second kappa shape index (κ2) is 47.9. The van der Waals surface area contributed by atoms with Gasteiger partial charge in [0.05, 0.1) is 152 Å². The molecule has 0 aromatic heterocycles. The van der Waals surface area contributed by atoms with E-state index in [-0.39, 0.29) is 68.3 Å². The maximum atomic E-state index is 13.6. The monoisotopic (exact) mass is 1190 g/mol. The number of methoxy groups -OCH3 is 1. The molecule has 27 heteroatoms. The number of aliphatic imine (C=N–C) groups is 1. The van der Waals surface area contributed by atoms with Crippen molar-refractivity contribution in [3.8, 4) is 0 Å². The summed E-state index contributed by atoms with van der Waals surface area (Å²) in [6.45, 7) is 12.7. The van der Waals surface area contributed by atoms with Crippen LogP contribution in [-0.4, -0.2) is 250 Å². The number of ether oxygens (including phenoxy) is 12. The lowest BCUT2D eigenvalue weighted by molar-refractivity contribution is -0.137. The van der Waals surface area contributed by atoms with Crippen LogP contribution in [0.15, 0.2) is 29.3 Å². The minimum atomic E-state index is -0.867. The Balaban J connectivity index is 1.13. The fourth-order valence-electron chi connectivity index (χ4n) is 8.91. The lowest BCUT2D eigenvalue weighted by Crippen LogP contribution is -2.61. The average molecular weight is 1190 g/mol. The van der Waals surface area contributed by atoms with Gasteiger partial charge in [0.2, 0.25) is 17.7 Å². The fourth-order valence-corrected chi connectivity index (χ4v) is 9.04. The maximum absolute atomic E-state index is 13.6. The standard InChI is InChI=1S/C55H96ClN9O17/c1-71-22-23-73-26-27-75-30-31-77-34-35-79-38-39-81-42-43-82-41-40-80-37-36-78-33-32-76-29-28-74-25-24-72-21-18-59-49(66)11-12-50(67)64-48(6-5-16-61-54(57)58)51(68)60-17-20-65-19-13-47(44-55(65)14-3-2-4-15-55)63-53(70)52(69)62-46-9-7-45(56)8-10-46/h7-10,47-48H,2-6,11-44H2,1H3,(H,59,66)(H,60,68)(H,62,69)(H,63,70)(H,64,67)(H4,57,58,61)/t47?,48-/m0/s1. The molecule has 1 aliphatic carbocycles. The third kappa shape index (κ3) is 36.3. The van der Waals surface area contributed by atoms with E-state index in [0.29, 0.717) is 195 Å². The Labute approximate surface area is 489 Å². The van der Waals surface area contributed by atoms with E-state index >= 15 is 0 Å². The van der Waals surface area contributed by atoms with Gasteiger partial charge in [-0.15, -0.1) is 0 Å². The molecule has 2 fully saturated rings. The number of amides is 5. The van der Waals surface area contributed by atoms with Gasteiger partial charge in [-0.1, -0.05) is 30.9 Å². The quantitative estimate of drug-likeness (QED) is 0.0207. The Kier molecular flexibility index (Phi) is 42.0. The molecule has 1 unspecified atom stereocenters. The zero-order valence-electron chi connectivity index (χ0n) is 48.4. The van der Waals surface area contributed by atoms with E-state index in [4.69, 9.17) is 79.9 Å². The van der Waals surface area contributed by atoms with Crippen molar-refractivity contribution in [1.82, 2.24) is 26.2 Å². The fraction of sp³-hybridized carbons (Fsp3) is 0.782. The largest absolute Gasteiger partial charge is 0.382 e. The molecular weight excluding hydrogens is 1090 g/mol. The minimum absolute atomic E-state index is 0.0686. The highest BCUT2D eigenvalue weighted by atomic mass is 35.5. The highest BCUT2D eigenvalue weighted by Gasteiger charge is 2.43. The maximum Gasteiger partial charge on any atom is 0.313 e. The molecule has 1 aliphatic heterocycles. The number of carbonyl (C=O) groups excluding carboxylic acids is 5. The summed E-state index contributed by atoms with van der Waals surface area (Å²) < 4.78 is 65.2. The Hall–Kier alpha value is -4.39. The summed E-state index contributed by atoms with van der Waals surface area (Å²) in [6, 6.07) is 5.49. The molecular formula is C55H96ClN9O17. The van der Waals surface area contributed by atoms with Gasteiger partial charge < -0.3 is 94.9 Å².